The maximum Gasteiger partial charge on any atom is 0.337 e. The zero-order chi connectivity index (χ0) is 32.0. The summed E-state index contributed by atoms with van der Waals surface area (Å²) < 4.78 is 76.3. The van der Waals surface area contributed by atoms with E-state index < -0.39 is 40.4 Å². The molecule has 2 aliphatic heterocycles. The second kappa shape index (κ2) is 12.2. The lowest BCUT2D eigenvalue weighted by Crippen LogP contribution is -2.39. The molecular weight excluding hydrogens is 676 g/mol. The summed E-state index contributed by atoms with van der Waals surface area (Å²) in [7, 11) is -3.12. The number of hydrogen-bond donors (Lipinski definition) is 1. The quantitative estimate of drug-likeness (QED) is 0.227. The van der Waals surface area contributed by atoms with Crippen molar-refractivity contribution in [3.05, 3.63) is 104 Å². The van der Waals surface area contributed by atoms with Crippen molar-refractivity contribution in [1.82, 2.24) is 24.4 Å². The van der Waals surface area contributed by atoms with Gasteiger partial charge in [0.2, 0.25) is 10.0 Å². The van der Waals surface area contributed by atoms with Crippen LogP contribution in [-0.4, -0.2) is 59.6 Å². The summed E-state index contributed by atoms with van der Waals surface area (Å²) in [5, 5.41) is 6.27. The van der Waals surface area contributed by atoms with E-state index in [9.17, 15) is 26.4 Å². The molecule has 2 aromatic carbocycles. The summed E-state index contributed by atoms with van der Waals surface area (Å²) in [6.07, 6.45) is 2.77. The summed E-state index contributed by atoms with van der Waals surface area (Å²) in [6, 6.07) is 7.24. The number of nitrogens with one attached hydrogen (secondary N) is 1. The number of esters is 1. The van der Waals surface area contributed by atoms with Gasteiger partial charge in [-0.2, -0.15) is 13.9 Å². The Labute approximate surface area is 268 Å². The third kappa shape index (κ3) is 5.97. The van der Waals surface area contributed by atoms with Crippen LogP contribution in [0.5, 0.6) is 0 Å². The second-order valence-electron chi connectivity index (χ2n) is 9.95. The van der Waals surface area contributed by atoms with Gasteiger partial charge in [0.15, 0.2) is 10.8 Å². The number of benzene rings is 2. The van der Waals surface area contributed by atoms with Gasteiger partial charge in [-0.3, -0.25) is 4.99 Å². The number of carbonyl (C=O) groups excluding carboxylic acids is 1. The Balaban J connectivity index is 1.47. The summed E-state index contributed by atoms with van der Waals surface area (Å²) in [4.78, 5) is 22.8. The number of carbonyl (C=O) groups is 1. The predicted octanol–water partition coefficient (Wildman–Crippen LogP) is 5.93. The van der Waals surface area contributed by atoms with E-state index in [4.69, 9.17) is 32.9 Å². The van der Waals surface area contributed by atoms with E-state index in [1.54, 1.807) is 16.5 Å². The number of nitrogens with zero attached hydrogens (tertiary/aromatic N) is 5. The molecule has 0 unspecified atom stereocenters. The standard InChI is InChI=1S/C28H21Cl2F3N6O4S2/c1-43-27(40)14-2-5-18(29)22(10-14)45(41,42)37-16-12-21-23(20-6-8-39(36-20)28(32)33)24(17-4-3-15(31)11-19(17)30)35-25(38(21)13-16)26-34-7-9-44-26/h2-11,16,24,28,37H,12-13H2,1H3/t16-,24-/m0/s1. The van der Waals surface area contributed by atoms with E-state index in [2.05, 4.69) is 14.8 Å². The molecule has 1 saturated heterocycles. The number of aromatic nitrogens is 3. The highest BCUT2D eigenvalue weighted by atomic mass is 35.5. The van der Waals surface area contributed by atoms with Gasteiger partial charge in [0.1, 0.15) is 16.8 Å². The van der Waals surface area contributed by atoms with Crippen molar-refractivity contribution >= 4 is 61.9 Å². The van der Waals surface area contributed by atoms with Gasteiger partial charge in [-0.15, -0.1) is 11.3 Å². The number of halogens is 5. The Morgan fingerprint density at radius 2 is 1.96 bits per heavy atom. The van der Waals surface area contributed by atoms with Crippen LogP contribution in [0.4, 0.5) is 13.2 Å². The van der Waals surface area contributed by atoms with E-state index in [-0.39, 0.29) is 39.2 Å². The minimum atomic E-state index is -4.29. The smallest absolute Gasteiger partial charge is 0.337 e. The SMILES string of the molecule is COC(=O)c1ccc(Cl)c(S(=O)(=O)N[C@H]2CC3=C(c4ccn(C(F)F)n4)[C@H](c4ccc(F)cc4Cl)N=C(c4nccs4)N3C2)c1. The van der Waals surface area contributed by atoms with E-state index in [0.717, 1.165) is 18.3 Å². The number of hydrogen-bond acceptors (Lipinski definition) is 9. The first-order valence-corrected chi connectivity index (χ1v) is 16.3. The van der Waals surface area contributed by atoms with Gasteiger partial charge in [-0.05, 0) is 36.4 Å². The molecule has 0 aliphatic carbocycles. The predicted molar refractivity (Wildman–Crippen MR) is 161 cm³/mol. The van der Waals surface area contributed by atoms with Crippen LogP contribution in [-0.2, 0) is 14.8 Å². The highest BCUT2D eigenvalue weighted by Crippen LogP contribution is 2.46. The van der Waals surface area contributed by atoms with Gasteiger partial charge in [-0.1, -0.05) is 29.3 Å². The molecule has 6 rings (SSSR count). The molecule has 4 heterocycles. The molecule has 17 heteroatoms. The number of thiazole rings is 1. The van der Waals surface area contributed by atoms with Gasteiger partial charge in [0, 0.05) is 58.6 Å². The molecule has 1 N–H and O–H groups in total. The van der Waals surface area contributed by atoms with Crippen molar-refractivity contribution in [2.24, 2.45) is 4.99 Å². The van der Waals surface area contributed by atoms with Crippen molar-refractivity contribution in [3.63, 3.8) is 0 Å². The third-order valence-corrected chi connectivity index (χ3v) is 10.3. The highest BCUT2D eigenvalue weighted by molar-refractivity contribution is 7.89. The van der Waals surface area contributed by atoms with E-state index >= 15 is 0 Å². The van der Waals surface area contributed by atoms with Crippen molar-refractivity contribution in [2.45, 2.75) is 29.9 Å². The number of methoxy groups -OCH3 is 1. The van der Waals surface area contributed by atoms with Gasteiger partial charge in [0.05, 0.1) is 23.4 Å². The largest absolute Gasteiger partial charge is 0.465 e. The first kappa shape index (κ1) is 31.2. The van der Waals surface area contributed by atoms with Gasteiger partial charge < -0.3 is 9.64 Å². The highest BCUT2D eigenvalue weighted by Gasteiger charge is 2.42. The lowest BCUT2D eigenvalue weighted by atomic mass is 9.92. The molecule has 0 radical (unpaired) electrons. The average molecular weight is 698 g/mol. The molecule has 0 amide bonds. The Morgan fingerprint density at radius 1 is 1.16 bits per heavy atom. The van der Waals surface area contributed by atoms with Crippen LogP contribution in [0.15, 0.2) is 75.8 Å². The normalized spacial score (nSPS) is 18.4. The lowest BCUT2D eigenvalue weighted by Gasteiger charge is -2.32. The maximum absolute atomic E-state index is 14.1. The number of alkyl halides is 2. The monoisotopic (exact) mass is 696 g/mol. The Morgan fingerprint density at radius 3 is 2.62 bits per heavy atom. The van der Waals surface area contributed by atoms with Crippen LogP contribution in [0, 0.1) is 5.82 Å². The van der Waals surface area contributed by atoms with Crippen LogP contribution in [0.25, 0.3) is 5.57 Å². The molecule has 4 aromatic rings. The lowest BCUT2D eigenvalue weighted by molar-refractivity contribution is 0.0563. The molecule has 0 spiro atoms. The van der Waals surface area contributed by atoms with Gasteiger partial charge >= 0.3 is 12.5 Å². The first-order chi connectivity index (χ1) is 21.5. The molecule has 2 atom stereocenters. The average Bonchev–Trinajstić information content (AvgIpc) is 3.77. The van der Waals surface area contributed by atoms with Gasteiger partial charge in [0.25, 0.3) is 0 Å². The molecule has 1 fully saturated rings. The number of amidine groups is 1. The van der Waals surface area contributed by atoms with E-state index in [0.29, 0.717) is 32.4 Å². The Kier molecular flexibility index (Phi) is 8.47. The number of ether oxygens (including phenoxy) is 1. The zero-order valence-corrected chi connectivity index (χ0v) is 26.1. The molecule has 2 aromatic heterocycles. The molecule has 234 valence electrons. The zero-order valence-electron chi connectivity index (χ0n) is 23.0. The van der Waals surface area contributed by atoms with Crippen LogP contribution >= 0.6 is 34.5 Å². The number of rotatable bonds is 8. The summed E-state index contributed by atoms with van der Waals surface area (Å²) >= 11 is 14.0. The van der Waals surface area contributed by atoms with Crippen molar-refractivity contribution in [3.8, 4) is 0 Å². The van der Waals surface area contributed by atoms with E-state index in [1.165, 1.54) is 48.8 Å². The van der Waals surface area contributed by atoms with Crippen LogP contribution in [0.1, 0.15) is 45.6 Å². The fraction of sp³-hybridized carbons (Fsp3) is 0.214. The number of fused-ring (bicyclic) bond motifs is 1. The summed E-state index contributed by atoms with van der Waals surface area (Å²) in [5.41, 5.74) is 1.44. The molecule has 0 bridgehead atoms. The summed E-state index contributed by atoms with van der Waals surface area (Å²) in [6.45, 7) is -2.84. The van der Waals surface area contributed by atoms with Crippen LogP contribution in [0.2, 0.25) is 10.0 Å². The topological polar surface area (TPSA) is 119 Å². The minimum absolute atomic E-state index is 0.0112. The maximum atomic E-state index is 14.1. The van der Waals surface area contributed by atoms with Crippen molar-refractivity contribution in [2.75, 3.05) is 13.7 Å². The fourth-order valence-corrected chi connectivity index (χ4v) is 7.93. The fourth-order valence-electron chi connectivity index (χ4n) is 5.27. The third-order valence-electron chi connectivity index (χ3n) is 7.19. The molecule has 0 saturated carbocycles. The molecule has 2 aliphatic rings. The Hall–Kier alpha value is -3.76. The molecule has 45 heavy (non-hydrogen) atoms. The second-order valence-corrected chi connectivity index (χ2v) is 13.3. The van der Waals surface area contributed by atoms with E-state index in [1.807, 2.05) is 0 Å². The Bertz CT molecular complexity index is 1970. The molecular formula is C28H21Cl2F3N6O4S2. The van der Waals surface area contributed by atoms with Gasteiger partial charge in [-0.25, -0.2) is 32.0 Å². The number of sulfonamides is 1. The van der Waals surface area contributed by atoms with Crippen LogP contribution in [0.3, 0.4) is 0 Å². The van der Waals surface area contributed by atoms with Crippen LogP contribution < -0.4 is 4.72 Å². The van der Waals surface area contributed by atoms with Crippen molar-refractivity contribution in [1.29, 1.82) is 0 Å². The minimum Gasteiger partial charge on any atom is -0.465 e. The summed E-state index contributed by atoms with van der Waals surface area (Å²) in [5.74, 6) is -0.935. The first-order valence-electron chi connectivity index (χ1n) is 13.1. The molecule has 10 nitrogen and oxygen atoms in total. The van der Waals surface area contributed by atoms with Crippen molar-refractivity contribution < 1.29 is 31.1 Å². The number of aliphatic imine (C=N–C) groups is 1.